The minimum atomic E-state index is -0.262. The smallest absolute Gasteiger partial charge is 0.199 e. The molecule has 4 heteroatoms. The zero-order valence-corrected chi connectivity index (χ0v) is 14.3. The molecule has 2 aromatic heterocycles. The maximum Gasteiger partial charge on any atom is 0.199 e. The molecule has 130 valence electrons. The van der Waals surface area contributed by atoms with E-state index in [1.807, 2.05) is 54.6 Å². The van der Waals surface area contributed by atoms with Crippen LogP contribution in [-0.4, -0.2) is 15.1 Å². The van der Waals surface area contributed by atoms with Crippen LogP contribution in [0.15, 0.2) is 78.9 Å². The van der Waals surface area contributed by atoms with E-state index in [1.165, 1.54) is 12.1 Å². The molecule has 2 N–H and O–H groups in total. The standard InChI is InChI=1S/C23H15FN2O/c24-17-9-5-14(6-10-17)16-7-11-18-21(13-16)26-23(27)22(18)20-12-8-15-3-1-2-4-19(15)25-20/h1-13,26-27H. The van der Waals surface area contributed by atoms with Gasteiger partial charge in [-0.3, -0.25) is 0 Å². The molecule has 0 spiro atoms. The van der Waals surface area contributed by atoms with Crippen LogP contribution < -0.4 is 0 Å². The minimum Gasteiger partial charge on any atom is -0.494 e. The fourth-order valence-corrected chi connectivity index (χ4v) is 3.47. The Morgan fingerprint density at radius 3 is 2.44 bits per heavy atom. The van der Waals surface area contributed by atoms with Crippen LogP contribution in [0.1, 0.15) is 0 Å². The maximum atomic E-state index is 13.2. The summed E-state index contributed by atoms with van der Waals surface area (Å²) >= 11 is 0. The summed E-state index contributed by atoms with van der Waals surface area (Å²) in [6, 6.07) is 24.0. The third kappa shape index (κ3) is 2.62. The fourth-order valence-electron chi connectivity index (χ4n) is 3.47. The van der Waals surface area contributed by atoms with Crippen molar-refractivity contribution in [1.29, 1.82) is 0 Å². The lowest BCUT2D eigenvalue weighted by Crippen LogP contribution is -1.85. The molecule has 0 bridgehead atoms. The molecule has 0 unspecified atom stereocenters. The molecule has 0 fully saturated rings. The highest BCUT2D eigenvalue weighted by molar-refractivity contribution is 6.00. The summed E-state index contributed by atoms with van der Waals surface area (Å²) in [4.78, 5) is 7.73. The molecule has 2 heterocycles. The van der Waals surface area contributed by atoms with Gasteiger partial charge in [-0.2, -0.15) is 0 Å². The summed E-state index contributed by atoms with van der Waals surface area (Å²) in [7, 11) is 0. The Kier molecular flexibility index (Phi) is 3.44. The molecule has 0 saturated heterocycles. The molecule has 3 nitrogen and oxygen atoms in total. The fraction of sp³-hybridized carbons (Fsp3) is 0. The van der Waals surface area contributed by atoms with Gasteiger partial charge in [0.25, 0.3) is 0 Å². The van der Waals surface area contributed by atoms with E-state index in [1.54, 1.807) is 12.1 Å². The second-order valence-corrected chi connectivity index (χ2v) is 6.51. The van der Waals surface area contributed by atoms with Gasteiger partial charge < -0.3 is 10.1 Å². The Morgan fingerprint density at radius 2 is 1.59 bits per heavy atom. The zero-order valence-electron chi connectivity index (χ0n) is 14.3. The highest BCUT2D eigenvalue weighted by Crippen LogP contribution is 2.37. The van der Waals surface area contributed by atoms with Gasteiger partial charge in [-0.25, -0.2) is 9.37 Å². The van der Waals surface area contributed by atoms with Crippen LogP contribution in [0.4, 0.5) is 4.39 Å². The van der Waals surface area contributed by atoms with Crippen molar-refractivity contribution in [2.24, 2.45) is 0 Å². The number of benzene rings is 3. The van der Waals surface area contributed by atoms with Gasteiger partial charge in [-0.1, -0.05) is 48.5 Å². The van der Waals surface area contributed by atoms with Crippen LogP contribution in [0.25, 0.3) is 44.2 Å². The number of fused-ring (bicyclic) bond motifs is 2. The summed E-state index contributed by atoms with van der Waals surface area (Å²) in [5.74, 6) is -0.175. The van der Waals surface area contributed by atoms with Crippen molar-refractivity contribution < 1.29 is 9.50 Å². The Bertz CT molecular complexity index is 1290. The van der Waals surface area contributed by atoms with Gasteiger partial charge in [0.1, 0.15) is 5.82 Å². The van der Waals surface area contributed by atoms with Gasteiger partial charge in [0.2, 0.25) is 0 Å². The number of hydrogen-bond acceptors (Lipinski definition) is 2. The van der Waals surface area contributed by atoms with Crippen molar-refractivity contribution in [3.8, 4) is 28.3 Å². The molecular formula is C23H15FN2O. The first-order valence-electron chi connectivity index (χ1n) is 8.66. The predicted octanol–water partition coefficient (Wildman–Crippen LogP) is 5.89. The highest BCUT2D eigenvalue weighted by Gasteiger charge is 2.15. The summed E-state index contributed by atoms with van der Waals surface area (Å²) in [5.41, 5.74) is 4.94. The monoisotopic (exact) mass is 354 g/mol. The van der Waals surface area contributed by atoms with E-state index in [9.17, 15) is 9.50 Å². The van der Waals surface area contributed by atoms with Crippen LogP contribution >= 0.6 is 0 Å². The number of nitrogens with zero attached hydrogens (tertiary/aromatic N) is 1. The van der Waals surface area contributed by atoms with Gasteiger partial charge >= 0.3 is 0 Å². The predicted molar refractivity (Wildman–Crippen MR) is 106 cm³/mol. The van der Waals surface area contributed by atoms with Crippen LogP contribution in [0.5, 0.6) is 5.88 Å². The molecule has 0 radical (unpaired) electrons. The van der Waals surface area contributed by atoms with Gasteiger partial charge in [-0.15, -0.1) is 0 Å². The Balaban J connectivity index is 1.66. The van der Waals surface area contributed by atoms with Crippen molar-refractivity contribution in [3.05, 3.63) is 84.7 Å². The number of hydrogen-bond donors (Lipinski definition) is 2. The summed E-state index contributed by atoms with van der Waals surface area (Å²) in [6.07, 6.45) is 0. The number of rotatable bonds is 2. The average molecular weight is 354 g/mol. The van der Waals surface area contributed by atoms with Crippen molar-refractivity contribution in [1.82, 2.24) is 9.97 Å². The third-order valence-corrected chi connectivity index (χ3v) is 4.81. The molecule has 0 aliphatic rings. The topological polar surface area (TPSA) is 48.9 Å². The number of pyridine rings is 1. The Hall–Kier alpha value is -3.66. The maximum absolute atomic E-state index is 13.2. The molecule has 27 heavy (non-hydrogen) atoms. The highest BCUT2D eigenvalue weighted by atomic mass is 19.1. The lowest BCUT2D eigenvalue weighted by Gasteiger charge is -2.04. The van der Waals surface area contributed by atoms with Crippen LogP contribution in [-0.2, 0) is 0 Å². The first-order valence-corrected chi connectivity index (χ1v) is 8.66. The lowest BCUT2D eigenvalue weighted by atomic mass is 10.0. The summed E-state index contributed by atoms with van der Waals surface area (Å²) in [5, 5.41) is 12.5. The van der Waals surface area contributed by atoms with E-state index in [-0.39, 0.29) is 11.7 Å². The Labute approximate surface area is 154 Å². The SMILES string of the molecule is Oc1[nH]c2cc(-c3ccc(F)cc3)ccc2c1-c1ccc2ccccc2n1. The van der Waals surface area contributed by atoms with E-state index in [4.69, 9.17) is 4.98 Å². The van der Waals surface area contributed by atoms with Crippen LogP contribution in [0, 0.1) is 5.82 Å². The summed E-state index contributed by atoms with van der Waals surface area (Å²) < 4.78 is 13.2. The van der Waals surface area contributed by atoms with Crippen molar-refractivity contribution in [3.63, 3.8) is 0 Å². The van der Waals surface area contributed by atoms with E-state index < -0.39 is 0 Å². The van der Waals surface area contributed by atoms with Gasteiger partial charge in [0, 0.05) is 16.3 Å². The number of aromatic nitrogens is 2. The number of para-hydroxylation sites is 1. The number of nitrogens with one attached hydrogen (secondary N) is 1. The van der Waals surface area contributed by atoms with Gasteiger partial charge in [0.05, 0.1) is 16.8 Å². The summed E-state index contributed by atoms with van der Waals surface area (Å²) in [6.45, 7) is 0. The Morgan fingerprint density at radius 1 is 0.815 bits per heavy atom. The zero-order chi connectivity index (χ0) is 18.4. The molecule has 5 rings (SSSR count). The average Bonchev–Trinajstić information content (AvgIpc) is 3.03. The molecule has 5 aromatic rings. The number of aromatic hydroxyl groups is 1. The van der Waals surface area contributed by atoms with E-state index >= 15 is 0 Å². The van der Waals surface area contributed by atoms with Crippen molar-refractivity contribution >= 4 is 21.8 Å². The van der Waals surface area contributed by atoms with Crippen LogP contribution in [0.2, 0.25) is 0 Å². The number of H-pyrrole nitrogens is 1. The minimum absolute atomic E-state index is 0.0871. The number of aromatic amines is 1. The van der Waals surface area contributed by atoms with Gasteiger partial charge in [-0.05, 0) is 41.5 Å². The molecule has 3 aromatic carbocycles. The second-order valence-electron chi connectivity index (χ2n) is 6.51. The quantitative estimate of drug-likeness (QED) is 0.415. The first-order chi connectivity index (χ1) is 13.2. The van der Waals surface area contributed by atoms with E-state index in [2.05, 4.69) is 4.98 Å². The van der Waals surface area contributed by atoms with Crippen molar-refractivity contribution in [2.45, 2.75) is 0 Å². The van der Waals surface area contributed by atoms with Crippen molar-refractivity contribution in [2.75, 3.05) is 0 Å². The van der Waals surface area contributed by atoms with Crippen LogP contribution in [0.3, 0.4) is 0 Å². The largest absolute Gasteiger partial charge is 0.494 e. The second kappa shape index (κ2) is 5.95. The van der Waals surface area contributed by atoms with Gasteiger partial charge in [0.15, 0.2) is 5.88 Å². The molecule has 0 aliphatic carbocycles. The molecule has 0 saturated carbocycles. The normalized spacial score (nSPS) is 11.3. The third-order valence-electron chi connectivity index (χ3n) is 4.81. The lowest BCUT2D eigenvalue weighted by molar-refractivity contribution is 0.460. The molecule has 0 amide bonds. The first kappa shape index (κ1) is 15.6. The molecule has 0 atom stereocenters. The van der Waals surface area contributed by atoms with E-state index in [0.717, 1.165) is 32.9 Å². The van der Waals surface area contributed by atoms with E-state index in [0.29, 0.717) is 11.3 Å². The molecule has 0 aliphatic heterocycles. The molecular weight excluding hydrogens is 339 g/mol. The number of halogens is 1.